The van der Waals surface area contributed by atoms with Crippen molar-refractivity contribution in [2.24, 2.45) is 0 Å². The maximum absolute atomic E-state index is 11.8. The Bertz CT molecular complexity index is 454. The lowest BCUT2D eigenvalue weighted by molar-refractivity contribution is 0.597. The molecule has 0 aliphatic carbocycles. The third kappa shape index (κ3) is 4.53. The maximum atomic E-state index is 11.8. The molecule has 1 rings (SSSR count). The highest BCUT2D eigenvalue weighted by Gasteiger charge is 2.13. The summed E-state index contributed by atoms with van der Waals surface area (Å²) in [6.07, 6.45) is 0.565. The first kappa shape index (κ1) is 14.3. The molecule has 0 saturated carbocycles. The molecule has 0 aliphatic heterocycles. The number of aryl methyl sites for hydroxylation is 1. The van der Waals surface area contributed by atoms with Gasteiger partial charge < -0.3 is 5.32 Å². The Morgan fingerprint density at radius 1 is 1.35 bits per heavy atom. The molecule has 1 aromatic carbocycles. The molecule has 0 aliphatic rings. The van der Waals surface area contributed by atoms with Crippen LogP contribution in [0.5, 0.6) is 0 Å². The fourth-order valence-electron chi connectivity index (χ4n) is 1.41. The summed E-state index contributed by atoms with van der Waals surface area (Å²) in [7, 11) is -1.54. The fraction of sp³-hybridized carbons (Fsp3) is 0.455. The largest absolute Gasteiger partial charge is 0.320 e. The Labute approximate surface area is 107 Å². The van der Waals surface area contributed by atoms with Crippen molar-refractivity contribution in [3.8, 4) is 0 Å². The van der Waals surface area contributed by atoms with E-state index in [-0.39, 0.29) is 5.75 Å². The van der Waals surface area contributed by atoms with Crippen LogP contribution in [-0.2, 0) is 10.0 Å². The molecule has 0 radical (unpaired) electrons. The Morgan fingerprint density at radius 2 is 2.06 bits per heavy atom. The van der Waals surface area contributed by atoms with E-state index in [9.17, 15) is 8.42 Å². The molecule has 0 unspecified atom stereocenters. The van der Waals surface area contributed by atoms with Gasteiger partial charge in [-0.05, 0) is 38.6 Å². The summed E-state index contributed by atoms with van der Waals surface area (Å²) in [6, 6.07) is 5.27. The molecule has 4 nitrogen and oxygen atoms in total. The summed E-state index contributed by atoms with van der Waals surface area (Å²) < 4.78 is 26.1. The summed E-state index contributed by atoms with van der Waals surface area (Å²) in [5.41, 5.74) is 1.29. The van der Waals surface area contributed by atoms with Gasteiger partial charge in [0.05, 0.1) is 16.5 Å². The van der Waals surface area contributed by atoms with Crippen molar-refractivity contribution < 1.29 is 8.42 Å². The Morgan fingerprint density at radius 3 is 2.65 bits per heavy atom. The molecule has 0 amide bonds. The first-order chi connectivity index (χ1) is 7.96. The second-order valence-corrected chi connectivity index (χ2v) is 6.06. The molecule has 0 bridgehead atoms. The molecule has 0 saturated heterocycles. The number of sulfonamides is 1. The number of hydrogen-bond acceptors (Lipinski definition) is 3. The Hall–Kier alpha value is -0.780. The van der Waals surface area contributed by atoms with E-state index < -0.39 is 10.0 Å². The normalized spacial score (nSPS) is 11.5. The van der Waals surface area contributed by atoms with Crippen LogP contribution < -0.4 is 10.0 Å². The lowest BCUT2D eigenvalue weighted by Gasteiger charge is -2.11. The summed E-state index contributed by atoms with van der Waals surface area (Å²) in [6.45, 7) is 2.49. The van der Waals surface area contributed by atoms with Crippen LogP contribution in [0.1, 0.15) is 12.0 Å². The minimum absolute atomic E-state index is 0.0818. The predicted molar refractivity (Wildman–Crippen MR) is 72.1 cm³/mol. The van der Waals surface area contributed by atoms with E-state index in [4.69, 9.17) is 11.6 Å². The summed E-state index contributed by atoms with van der Waals surface area (Å²) >= 11 is 5.96. The molecular weight excluding hydrogens is 260 g/mol. The van der Waals surface area contributed by atoms with Gasteiger partial charge in [-0.15, -0.1) is 0 Å². The second-order valence-electron chi connectivity index (χ2n) is 3.81. The molecule has 1 aromatic rings. The zero-order chi connectivity index (χ0) is 12.9. The van der Waals surface area contributed by atoms with Crippen LogP contribution in [-0.4, -0.2) is 27.8 Å². The Kier molecular flexibility index (Phi) is 5.24. The molecule has 2 N–H and O–H groups in total. The van der Waals surface area contributed by atoms with Crippen molar-refractivity contribution in [3.63, 3.8) is 0 Å². The van der Waals surface area contributed by atoms with Crippen LogP contribution in [0, 0.1) is 6.92 Å². The molecular formula is C11H17ClN2O2S. The summed E-state index contributed by atoms with van der Waals surface area (Å²) in [4.78, 5) is 0. The Balaban J connectivity index is 2.76. The van der Waals surface area contributed by atoms with E-state index >= 15 is 0 Å². The molecule has 96 valence electrons. The number of para-hydroxylation sites is 1. The van der Waals surface area contributed by atoms with Gasteiger partial charge in [-0.2, -0.15) is 0 Å². The van der Waals surface area contributed by atoms with Gasteiger partial charge in [0.15, 0.2) is 0 Å². The minimum Gasteiger partial charge on any atom is -0.320 e. The number of nitrogens with one attached hydrogen (secondary N) is 2. The molecule has 0 spiro atoms. The number of hydrogen-bond donors (Lipinski definition) is 2. The van der Waals surface area contributed by atoms with Crippen LogP contribution in [0.15, 0.2) is 18.2 Å². The van der Waals surface area contributed by atoms with Gasteiger partial charge in [-0.3, -0.25) is 4.72 Å². The average Bonchev–Trinajstić information content (AvgIpc) is 2.24. The first-order valence-electron chi connectivity index (χ1n) is 5.36. The second kappa shape index (κ2) is 6.23. The molecule has 6 heteroatoms. The number of anilines is 1. The van der Waals surface area contributed by atoms with E-state index in [1.807, 2.05) is 13.0 Å². The SMILES string of the molecule is CNCCCS(=O)(=O)Nc1c(C)cccc1Cl. The van der Waals surface area contributed by atoms with E-state index in [1.54, 1.807) is 19.2 Å². The van der Waals surface area contributed by atoms with Crippen molar-refractivity contribution in [1.29, 1.82) is 0 Å². The minimum atomic E-state index is -3.33. The van der Waals surface area contributed by atoms with Gasteiger partial charge in [-0.25, -0.2) is 8.42 Å². The van der Waals surface area contributed by atoms with E-state index in [1.165, 1.54) is 0 Å². The van der Waals surface area contributed by atoms with E-state index in [0.717, 1.165) is 5.56 Å². The van der Waals surface area contributed by atoms with Crippen molar-refractivity contribution in [1.82, 2.24) is 5.32 Å². The molecule has 0 atom stereocenters. The molecule has 0 aromatic heterocycles. The molecule has 0 heterocycles. The van der Waals surface area contributed by atoms with Gasteiger partial charge in [0, 0.05) is 0 Å². The monoisotopic (exact) mass is 276 g/mol. The summed E-state index contributed by atoms with van der Waals surface area (Å²) in [5, 5.41) is 3.33. The van der Waals surface area contributed by atoms with Gasteiger partial charge in [0.2, 0.25) is 10.0 Å². The van der Waals surface area contributed by atoms with Crippen LogP contribution in [0.3, 0.4) is 0 Å². The zero-order valence-corrected chi connectivity index (χ0v) is 11.5. The average molecular weight is 277 g/mol. The third-order valence-electron chi connectivity index (χ3n) is 2.32. The highest BCUT2D eigenvalue weighted by molar-refractivity contribution is 7.92. The van der Waals surface area contributed by atoms with Crippen molar-refractivity contribution in [3.05, 3.63) is 28.8 Å². The van der Waals surface area contributed by atoms with Crippen LogP contribution in [0.4, 0.5) is 5.69 Å². The lowest BCUT2D eigenvalue weighted by Crippen LogP contribution is -2.20. The van der Waals surface area contributed by atoms with Gasteiger partial charge in [0.1, 0.15) is 0 Å². The van der Waals surface area contributed by atoms with Gasteiger partial charge >= 0.3 is 0 Å². The van der Waals surface area contributed by atoms with E-state index in [2.05, 4.69) is 10.0 Å². The van der Waals surface area contributed by atoms with Crippen molar-refractivity contribution in [2.75, 3.05) is 24.1 Å². The molecule has 17 heavy (non-hydrogen) atoms. The highest BCUT2D eigenvalue weighted by atomic mass is 35.5. The first-order valence-corrected chi connectivity index (χ1v) is 7.39. The van der Waals surface area contributed by atoms with Gasteiger partial charge in [-0.1, -0.05) is 23.7 Å². The fourth-order valence-corrected chi connectivity index (χ4v) is 2.94. The maximum Gasteiger partial charge on any atom is 0.232 e. The predicted octanol–water partition coefficient (Wildman–Crippen LogP) is 2.00. The van der Waals surface area contributed by atoms with Crippen molar-refractivity contribution >= 4 is 27.3 Å². The quantitative estimate of drug-likeness (QED) is 0.782. The number of rotatable bonds is 6. The highest BCUT2D eigenvalue weighted by Crippen LogP contribution is 2.26. The van der Waals surface area contributed by atoms with Crippen LogP contribution >= 0.6 is 11.6 Å². The van der Waals surface area contributed by atoms with Gasteiger partial charge in [0.25, 0.3) is 0 Å². The molecule has 0 fully saturated rings. The van der Waals surface area contributed by atoms with Crippen molar-refractivity contribution in [2.45, 2.75) is 13.3 Å². The number of benzene rings is 1. The van der Waals surface area contributed by atoms with E-state index in [0.29, 0.717) is 23.7 Å². The topological polar surface area (TPSA) is 58.2 Å². The van der Waals surface area contributed by atoms with Crippen LogP contribution in [0.25, 0.3) is 0 Å². The van der Waals surface area contributed by atoms with Crippen LogP contribution in [0.2, 0.25) is 5.02 Å². The lowest BCUT2D eigenvalue weighted by atomic mass is 10.2. The standard InChI is InChI=1S/C11H17ClN2O2S/c1-9-5-3-6-10(12)11(9)14-17(15,16)8-4-7-13-2/h3,5-6,13-14H,4,7-8H2,1-2H3. The number of halogens is 1. The third-order valence-corrected chi connectivity index (χ3v) is 3.98. The summed E-state index contributed by atoms with van der Waals surface area (Å²) in [5.74, 6) is 0.0818. The zero-order valence-electron chi connectivity index (χ0n) is 9.96. The smallest absolute Gasteiger partial charge is 0.232 e.